The average Bonchev–Trinajstić information content (AvgIpc) is 2.57. The highest BCUT2D eigenvalue weighted by Gasteiger charge is 2.40. The maximum absolute atomic E-state index is 11.3. The van der Waals surface area contributed by atoms with Crippen LogP contribution in [0.15, 0.2) is 12.1 Å². The first-order valence-electron chi connectivity index (χ1n) is 7.69. The second kappa shape index (κ2) is 7.53. The van der Waals surface area contributed by atoms with Crippen molar-refractivity contribution in [3.63, 3.8) is 0 Å². The highest BCUT2D eigenvalue weighted by molar-refractivity contribution is 5.67. The predicted molar refractivity (Wildman–Crippen MR) is 86.2 cm³/mol. The number of fused-ring (bicyclic) bond motifs is 1. The van der Waals surface area contributed by atoms with Gasteiger partial charge in [0.25, 0.3) is 0 Å². The third-order valence-corrected chi connectivity index (χ3v) is 4.03. The van der Waals surface area contributed by atoms with E-state index < -0.39 is 17.5 Å². The zero-order valence-corrected chi connectivity index (χ0v) is 14.4. The first kappa shape index (κ1) is 18.1. The molecule has 132 valence electrons. The first-order chi connectivity index (χ1) is 11.4. The fourth-order valence-electron chi connectivity index (χ4n) is 2.85. The van der Waals surface area contributed by atoms with Crippen LogP contribution in [0.3, 0.4) is 0 Å². The standard InChI is InChI=1S/C17H23NO6/c1-11(19)23-9-17(10-24-12(2)20)14-8-16(22-4)15(21-3)7-13(14)5-6-18-17/h7-8,18H,5-6,9-10H2,1-4H3. The highest BCUT2D eigenvalue weighted by Crippen LogP contribution is 2.38. The number of rotatable bonds is 6. The summed E-state index contributed by atoms with van der Waals surface area (Å²) >= 11 is 0. The summed E-state index contributed by atoms with van der Waals surface area (Å²) in [6.45, 7) is 3.46. The summed E-state index contributed by atoms with van der Waals surface area (Å²) in [5.41, 5.74) is 1.09. The zero-order valence-electron chi connectivity index (χ0n) is 14.4. The Balaban J connectivity index is 2.48. The van der Waals surface area contributed by atoms with Gasteiger partial charge in [-0.3, -0.25) is 9.59 Å². The summed E-state index contributed by atoms with van der Waals surface area (Å²) in [6.07, 6.45) is 0.775. The van der Waals surface area contributed by atoms with Crippen molar-refractivity contribution in [1.82, 2.24) is 5.32 Å². The van der Waals surface area contributed by atoms with Crippen LogP contribution in [0.5, 0.6) is 11.5 Å². The number of benzene rings is 1. The second-order valence-corrected chi connectivity index (χ2v) is 5.68. The van der Waals surface area contributed by atoms with Gasteiger partial charge in [-0.1, -0.05) is 0 Å². The van der Waals surface area contributed by atoms with Gasteiger partial charge in [-0.25, -0.2) is 0 Å². The number of ether oxygens (including phenoxy) is 4. The minimum absolute atomic E-state index is 0.0537. The van der Waals surface area contributed by atoms with Crippen molar-refractivity contribution in [3.05, 3.63) is 23.3 Å². The normalized spacial score (nSPS) is 15.2. The van der Waals surface area contributed by atoms with Crippen molar-refractivity contribution in [2.75, 3.05) is 34.0 Å². The van der Waals surface area contributed by atoms with E-state index in [1.807, 2.05) is 12.1 Å². The van der Waals surface area contributed by atoms with Gasteiger partial charge in [-0.05, 0) is 29.7 Å². The molecule has 2 rings (SSSR count). The van der Waals surface area contributed by atoms with Crippen LogP contribution in [-0.2, 0) is 31.0 Å². The van der Waals surface area contributed by atoms with E-state index in [4.69, 9.17) is 18.9 Å². The smallest absolute Gasteiger partial charge is 0.302 e. The third-order valence-electron chi connectivity index (χ3n) is 4.03. The lowest BCUT2D eigenvalue weighted by molar-refractivity contribution is -0.148. The minimum atomic E-state index is -0.815. The van der Waals surface area contributed by atoms with Gasteiger partial charge in [0, 0.05) is 20.4 Å². The molecule has 1 N–H and O–H groups in total. The molecule has 0 atom stereocenters. The summed E-state index contributed by atoms with van der Waals surface area (Å²) < 4.78 is 21.2. The molecule has 0 fully saturated rings. The topological polar surface area (TPSA) is 83.1 Å². The van der Waals surface area contributed by atoms with Crippen LogP contribution in [0.4, 0.5) is 0 Å². The van der Waals surface area contributed by atoms with Crippen molar-refractivity contribution in [1.29, 1.82) is 0 Å². The Morgan fingerprint density at radius 3 is 2.08 bits per heavy atom. The van der Waals surface area contributed by atoms with Crippen LogP contribution in [0.2, 0.25) is 0 Å². The minimum Gasteiger partial charge on any atom is -0.493 e. The van der Waals surface area contributed by atoms with Crippen molar-refractivity contribution in [3.8, 4) is 11.5 Å². The maximum Gasteiger partial charge on any atom is 0.302 e. The molecule has 0 radical (unpaired) electrons. The molecular weight excluding hydrogens is 314 g/mol. The summed E-state index contributed by atoms with van der Waals surface area (Å²) in [7, 11) is 3.14. The van der Waals surface area contributed by atoms with Gasteiger partial charge in [0.2, 0.25) is 0 Å². The molecule has 24 heavy (non-hydrogen) atoms. The van der Waals surface area contributed by atoms with Gasteiger partial charge >= 0.3 is 11.9 Å². The molecule has 7 heteroatoms. The maximum atomic E-state index is 11.3. The van der Waals surface area contributed by atoms with Crippen molar-refractivity contribution in [2.45, 2.75) is 25.8 Å². The van der Waals surface area contributed by atoms with E-state index in [0.717, 1.165) is 17.5 Å². The molecule has 0 saturated carbocycles. The van der Waals surface area contributed by atoms with Crippen LogP contribution in [-0.4, -0.2) is 45.9 Å². The number of methoxy groups -OCH3 is 2. The molecule has 0 bridgehead atoms. The van der Waals surface area contributed by atoms with E-state index in [2.05, 4.69) is 5.32 Å². The first-order valence-corrected chi connectivity index (χ1v) is 7.69. The number of hydrogen-bond donors (Lipinski definition) is 1. The van der Waals surface area contributed by atoms with Gasteiger partial charge < -0.3 is 24.3 Å². The van der Waals surface area contributed by atoms with Crippen LogP contribution in [0.25, 0.3) is 0 Å². The number of carbonyl (C=O) groups is 2. The molecule has 1 aromatic rings. The monoisotopic (exact) mass is 337 g/mol. The molecule has 0 spiro atoms. The number of esters is 2. The van der Waals surface area contributed by atoms with Crippen LogP contribution < -0.4 is 14.8 Å². The predicted octanol–water partition coefficient (Wildman–Crippen LogP) is 1.17. The fraction of sp³-hybridized carbons (Fsp3) is 0.529. The average molecular weight is 337 g/mol. The van der Waals surface area contributed by atoms with E-state index in [9.17, 15) is 9.59 Å². The molecule has 0 unspecified atom stereocenters. The summed E-state index contributed by atoms with van der Waals surface area (Å²) in [6, 6.07) is 3.75. The Morgan fingerprint density at radius 2 is 1.58 bits per heavy atom. The molecule has 1 aromatic carbocycles. The molecule has 1 aliphatic heterocycles. The highest BCUT2D eigenvalue weighted by atomic mass is 16.5. The van der Waals surface area contributed by atoms with Crippen molar-refractivity contribution < 1.29 is 28.5 Å². The van der Waals surface area contributed by atoms with Gasteiger partial charge in [0.05, 0.1) is 14.2 Å². The summed E-state index contributed by atoms with van der Waals surface area (Å²) in [5, 5.41) is 3.34. The lowest BCUT2D eigenvalue weighted by Gasteiger charge is -2.39. The van der Waals surface area contributed by atoms with Crippen LogP contribution in [0, 0.1) is 0 Å². The fourth-order valence-corrected chi connectivity index (χ4v) is 2.85. The lowest BCUT2D eigenvalue weighted by Crippen LogP contribution is -2.54. The van der Waals surface area contributed by atoms with Gasteiger partial charge in [0.15, 0.2) is 11.5 Å². The quantitative estimate of drug-likeness (QED) is 0.780. The van der Waals surface area contributed by atoms with Crippen molar-refractivity contribution >= 4 is 11.9 Å². The lowest BCUT2D eigenvalue weighted by atomic mass is 9.83. The Hall–Kier alpha value is -2.28. The summed E-state index contributed by atoms with van der Waals surface area (Å²) in [5.74, 6) is 0.403. The van der Waals surface area contributed by atoms with Crippen LogP contribution in [0.1, 0.15) is 25.0 Å². The zero-order chi connectivity index (χ0) is 17.7. The third kappa shape index (κ3) is 3.79. The van der Waals surface area contributed by atoms with E-state index in [-0.39, 0.29) is 13.2 Å². The molecule has 0 saturated heterocycles. The largest absolute Gasteiger partial charge is 0.493 e. The number of hydrogen-bond acceptors (Lipinski definition) is 7. The Kier molecular flexibility index (Phi) is 5.66. The molecular formula is C17H23NO6. The Labute approximate surface area is 141 Å². The molecule has 7 nitrogen and oxygen atoms in total. The molecule has 0 aliphatic carbocycles. The molecule has 1 aliphatic rings. The van der Waals surface area contributed by atoms with Gasteiger partial charge in [-0.15, -0.1) is 0 Å². The Morgan fingerprint density at radius 1 is 1.04 bits per heavy atom. The number of nitrogens with one attached hydrogen (secondary N) is 1. The molecule has 0 amide bonds. The van der Waals surface area contributed by atoms with E-state index in [1.165, 1.54) is 13.8 Å². The van der Waals surface area contributed by atoms with E-state index in [1.54, 1.807) is 14.2 Å². The van der Waals surface area contributed by atoms with Gasteiger partial charge in [-0.2, -0.15) is 0 Å². The Bertz CT molecular complexity index is 610. The van der Waals surface area contributed by atoms with Crippen molar-refractivity contribution in [2.24, 2.45) is 0 Å². The molecule has 0 aromatic heterocycles. The SMILES string of the molecule is COc1cc2c(cc1OC)C(COC(C)=O)(COC(C)=O)NCC2. The number of carbonyl (C=O) groups excluding carboxylic acids is 2. The van der Waals surface area contributed by atoms with E-state index >= 15 is 0 Å². The second-order valence-electron chi connectivity index (χ2n) is 5.68. The molecule has 1 heterocycles. The van der Waals surface area contributed by atoms with Gasteiger partial charge in [0.1, 0.15) is 18.8 Å². The van der Waals surface area contributed by atoms with E-state index in [0.29, 0.717) is 18.0 Å². The van der Waals surface area contributed by atoms with Crippen LogP contribution >= 0.6 is 0 Å². The summed E-state index contributed by atoms with van der Waals surface area (Å²) in [4.78, 5) is 22.6.